The van der Waals surface area contributed by atoms with Gasteiger partial charge in [-0.3, -0.25) is 0 Å². The molecule has 2 aromatic carbocycles. The largest absolute Gasteiger partial charge is 0.396 e. The monoisotopic (exact) mass is 361 g/mol. The van der Waals surface area contributed by atoms with E-state index in [4.69, 9.17) is 0 Å². The molecule has 0 saturated carbocycles. The summed E-state index contributed by atoms with van der Waals surface area (Å²) in [6.07, 6.45) is 1.50. The molecule has 2 N–H and O–H groups in total. The van der Waals surface area contributed by atoms with Crippen molar-refractivity contribution in [2.45, 2.75) is 39.7 Å². The van der Waals surface area contributed by atoms with Crippen LogP contribution >= 0.6 is 0 Å². The van der Waals surface area contributed by atoms with E-state index in [0.717, 1.165) is 12.5 Å². The minimum absolute atomic E-state index is 0.00579. The van der Waals surface area contributed by atoms with Crippen molar-refractivity contribution >= 4 is 0 Å². The number of hydrogen-bond donors (Lipinski definition) is 2. The lowest BCUT2D eigenvalue weighted by Crippen LogP contribution is -2.31. The normalized spacial score (nSPS) is 13.8. The van der Waals surface area contributed by atoms with E-state index in [1.807, 2.05) is 12.1 Å². The predicted octanol–water partition coefficient (Wildman–Crippen LogP) is 4.80. The summed E-state index contributed by atoms with van der Waals surface area (Å²) in [5.41, 5.74) is 3.21. The van der Waals surface area contributed by atoms with Crippen molar-refractivity contribution in [2.75, 3.05) is 13.2 Å². The molecule has 2 rings (SSSR count). The van der Waals surface area contributed by atoms with E-state index < -0.39 is 11.6 Å². The Morgan fingerprint density at radius 3 is 2.38 bits per heavy atom. The lowest BCUT2D eigenvalue weighted by molar-refractivity contribution is 0.215. The fourth-order valence-electron chi connectivity index (χ4n) is 3.28. The topological polar surface area (TPSA) is 32.3 Å². The first-order chi connectivity index (χ1) is 12.4. The summed E-state index contributed by atoms with van der Waals surface area (Å²) in [4.78, 5) is 0. The smallest absolute Gasteiger partial charge is 0.159 e. The molecule has 0 heterocycles. The van der Waals surface area contributed by atoms with Gasteiger partial charge in [-0.1, -0.05) is 44.2 Å². The average Bonchev–Trinajstić information content (AvgIpc) is 2.60. The fourth-order valence-corrected chi connectivity index (χ4v) is 3.28. The molecular formula is C22H29F2NO. The molecule has 0 aliphatic carbocycles. The highest BCUT2D eigenvalue weighted by Crippen LogP contribution is 2.24. The summed E-state index contributed by atoms with van der Waals surface area (Å²) in [6, 6.07) is 12.5. The van der Waals surface area contributed by atoms with Crippen LogP contribution in [0, 0.1) is 30.4 Å². The van der Waals surface area contributed by atoms with Gasteiger partial charge in [0.1, 0.15) is 0 Å². The maximum atomic E-state index is 13.4. The highest BCUT2D eigenvalue weighted by molar-refractivity contribution is 5.28. The zero-order valence-corrected chi connectivity index (χ0v) is 15.8. The Morgan fingerprint density at radius 1 is 1.04 bits per heavy atom. The Balaban J connectivity index is 2.05. The Bertz CT molecular complexity index is 702. The third-order valence-electron chi connectivity index (χ3n) is 4.69. The second-order valence-electron chi connectivity index (χ2n) is 7.45. The molecule has 0 spiro atoms. The summed E-state index contributed by atoms with van der Waals surface area (Å²) in [7, 11) is 0. The van der Waals surface area contributed by atoms with Gasteiger partial charge in [-0.05, 0) is 60.4 Å². The SMILES string of the molecule is Cc1ccccc1C(CC(C)C)NCC(CO)Cc1ccc(F)c(F)c1. The predicted molar refractivity (Wildman–Crippen MR) is 102 cm³/mol. The minimum Gasteiger partial charge on any atom is -0.396 e. The number of aliphatic hydroxyl groups excluding tert-OH is 1. The molecule has 2 aromatic rings. The van der Waals surface area contributed by atoms with Crippen molar-refractivity contribution in [3.63, 3.8) is 0 Å². The van der Waals surface area contributed by atoms with E-state index in [1.165, 1.54) is 17.2 Å². The van der Waals surface area contributed by atoms with Gasteiger partial charge in [-0.25, -0.2) is 8.78 Å². The molecule has 0 bridgehead atoms. The first kappa shape index (κ1) is 20.5. The number of hydrogen-bond acceptors (Lipinski definition) is 2. The molecule has 0 aromatic heterocycles. The van der Waals surface area contributed by atoms with Crippen molar-refractivity contribution in [3.8, 4) is 0 Å². The molecule has 0 saturated heterocycles. The third-order valence-corrected chi connectivity index (χ3v) is 4.69. The van der Waals surface area contributed by atoms with Crippen LogP contribution in [0.15, 0.2) is 42.5 Å². The van der Waals surface area contributed by atoms with Gasteiger partial charge in [0.05, 0.1) is 0 Å². The van der Waals surface area contributed by atoms with Crippen LogP contribution in [0.2, 0.25) is 0 Å². The highest BCUT2D eigenvalue weighted by atomic mass is 19.2. The second-order valence-corrected chi connectivity index (χ2v) is 7.45. The van der Waals surface area contributed by atoms with Crippen LogP contribution in [0.25, 0.3) is 0 Å². The van der Waals surface area contributed by atoms with E-state index in [-0.39, 0.29) is 18.6 Å². The van der Waals surface area contributed by atoms with Gasteiger partial charge in [-0.2, -0.15) is 0 Å². The first-order valence-corrected chi connectivity index (χ1v) is 9.24. The van der Waals surface area contributed by atoms with E-state index in [9.17, 15) is 13.9 Å². The molecule has 142 valence electrons. The zero-order valence-electron chi connectivity index (χ0n) is 15.8. The van der Waals surface area contributed by atoms with Gasteiger partial charge < -0.3 is 10.4 Å². The van der Waals surface area contributed by atoms with Crippen LogP contribution in [-0.4, -0.2) is 18.3 Å². The lowest BCUT2D eigenvalue weighted by Gasteiger charge is -2.25. The molecule has 2 nitrogen and oxygen atoms in total. The molecule has 0 fully saturated rings. The van der Waals surface area contributed by atoms with E-state index in [1.54, 1.807) is 6.07 Å². The van der Waals surface area contributed by atoms with Gasteiger partial charge in [0.15, 0.2) is 11.6 Å². The van der Waals surface area contributed by atoms with Crippen molar-refractivity contribution in [2.24, 2.45) is 11.8 Å². The Kier molecular flexibility index (Phi) is 7.73. The van der Waals surface area contributed by atoms with Crippen molar-refractivity contribution in [3.05, 3.63) is 70.8 Å². The van der Waals surface area contributed by atoms with E-state index >= 15 is 0 Å². The van der Waals surface area contributed by atoms with E-state index in [0.29, 0.717) is 24.4 Å². The summed E-state index contributed by atoms with van der Waals surface area (Å²) in [5.74, 6) is -1.21. The van der Waals surface area contributed by atoms with Gasteiger partial charge >= 0.3 is 0 Å². The summed E-state index contributed by atoms with van der Waals surface area (Å²) < 4.78 is 26.5. The molecule has 2 atom stereocenters. The molecule has 0 aliphatic rings. The number of halogens is 2. The number of benzene rings is 2. The van der Waals surface area contributed by atoms with Gasteiger partial charge in [-0.15, -0.1) is 0 Å². The highest BCUT2D eigenvalue weighted by Gasteiger charge is 2.18. The van der Waals surface area contributed by atoms with Crippen LogP contribution in [0.5, 0.6) is 0 Å². The summed E-state index contributed by atoms with van der Waals surface area (Å²) >= 11 is 0. The van der Waals surface area contributed by atoms with Gasteiger partial charge in [0.25, 0.3) is 0 Å². The number of aryl methyl sites for hydroxylation is 1. The summed E-state index contributed by atoms with van der Waals surface area (Å²) in [6.45, 7) is 7.10. The molecule has 0 radical (unpaired) electrons. The van der Waals surface area contributed by atoms with Crippen LogP contribution in [-0.2, 0) is 6.42 Å². The van der Waals surface area contributed by atoms with E-state index in [2.05, 4.69) is 38.2 Å². The Morgan fingerprint density at radius 2 is 1.77 bits per heavy atom. The number of nitrogens with one attached hydrogen (secondary N) is 1. The zero-order chi connectivity index (χ0) is 19.1. The second kappa shape index (κ2) is 9.79. The molecule has 2 unspecified atom stereocenters. The van der Waals surface area contributed by atoms with Crippen LogP contribution in [0.4, 0.5) is 8.78 Å². The number of rotatable bonds is 9. The van der Waals surface area contributed by atoms with Crippen molar-refractivity contribution in [1.82, 2.24) is 5.32 Å². The van der Waals surface area contributed by atoms with Crippen LogP contribution < -0.4 is 5.32 Å². The molecular weight excluding hydrogens is 332 g/mol. The maximum Gasteiger partial charge on any atom is 0.159 e. The lowest BCUT2D eigenvalue weighted by atomic mass is 9.92. The maximum absolute atomic E-state index is 13.4. The first-order valence-electron chi connectivity index (χ1n) is 9.24. The fraction of sp³-hybridized carbons (Fsp3) is 0.455. The van der Waals surface area contributed by atoms with Gasteiger partial charge in [0, 0.05) is 19.2 Å². The summed E-state index contributed by atoms with van der Waals surface area (Å²) in [5, 5.41) is 13.3. The van der Waals surface area contributed by atoms with Crippen LogP contribution in [0.1, 0.15) is 43.0 Å². The van der Waals surface area contributed by atoms with Gasteiger partial charge in [0.2, 0.25) is 0 Å². The number of aliphatic hydroxyl groups is 1. The molecule has 26 heavy (non-hydrogen) atoms. The molecule has 0 aliphatic heterocycles. The molecule has 4 heteroatoms. The molecule has 0 amide bonds. The van der Waals surface area contributed by atoms with Crippen molar-refractivity contribution < 1.29 is 13.9 Å². The van der Waals surface area contributed by atoms with Crippen molar-refractivity contribution in [1.29, 1.82) is 0 Å². The quantitative estimate of drug-likeness (QED) is 0.672. The minimum atomic E-state index is -0.844. The Labute approximate surface area is 155 Å². The Hall–Kier alpha value is -1.78. The van der Waals surface area contributed by atoms with Crippen LogP contribution in [0.3, 0.4) is 0 Å². The average molecular weight is 361 g/mol. The standard InChI is InChI=1S/C22H29F2NO/c1-15(2)10-22(19-7-5-4-6-16(19)3)25-13-18(14-26)11-17-8-9-20(23)21(24)12-17/h4-9,12,15,18,22,25-26H,10-11,13-14H2,1-3H3. The third kappa shape index (κ3) is 5.89.